The van der Waals surface area contributed by atoms with Crippen LogP contribution in [0.1, 0.15) is 5.56 Å². The van der Waals surface area contributed by atoms with Gasteiger partial charge in [0.1, 0.15) is 11.6 Å². The van der Waals surface area contributed by atoms with E-state index < -0.39 is 5.91 Å². The summed E-state index contributed by atoms with van der Waals surface area (Å²) < 4.78 is 0. The van der Waals surface area contributed by atoms with Crippen molar-refractivity contribution in [2.75, 3.05) is 5.32 Å². The number of halogens is 3. The lowest BCUT2D eigenvalue weighted by Crippen LogP contribution is -2.13. The lowest BCUT2D eigenvalue weighted by molar-refractivity contribution is -0.112. The van der Waals surface area contributed by atoms with Gasteiger partial charge in [-0.2, -0.15) is 5.26 Å². The molecule has 0 saturated heterocycles. The molecule has 0 aliphatic heterocycles. The zero-order valence-corrected chi connectivity index (χ0v) is 13.4. The highest BCUT2D eigenvalue weighted by molar-refractivity contribution is 6.37. The summed E-state index contributed by atoms with van der Waals surface area (Å²) in [7, 11) is 0. The molecule has 0 aliphatic rings. The van der Waals surface area contributed by atoms with E-state index in [9.17, 15) is 4.79 Å². The normalized spacial score (nSPS) is 10.9. The van der Waals surface area contributed by atoms with Crippen LogP contribution in [0.15, 0.2) is 48.0 Å². The minimum absolute atomic E-state index is 0.0478. The van der Waals surface area contributed by atoms with Crippen LogP contribution in [-0.4, -0.2) is 5.91 Å². The van der Waals surface area contributed by atoms with Crippen molar-refractivity contribution in [2.24, 2.45) is 0 Å². The average molecular weight is 352 g/mol. The third kappa shape index (κ3) is 4.25. The molecule has 0 radical (unpaired) electrons. The maximum absolute atomic E-state index is 12.1. The van der Waals surface area contributed by atoms with Crippen molar-refractivity contribution in [3.05, 3.63) is 68.7 Å². The third-order valence-electron chi connectivity index (χ3n) is 2.73. The Morgan fingerprint density at radius 3 is 2.27 bits per heavy atom. The van der Waals surface area contributed by atoms with E-state index >= 15 is 0 Å². The molecule has 1 N–H and O–H groups in total. The molecular formula is C16H9Cl3N2O. The second-order valence-electron chi connectivity index (χ2n) is 4.30. The number of hydrogen-bond donors (Lipinski definition) is 1. The van der Waals surface area contributed by atoms with Gasteiger partial charge >= 0.3 is 0 Å². The van der Waals surface area contributed by atoms with E-state index in [4.69, 9.17) is 40.1 Å². The first kappa shape index (κ1) is 16.4. The monoisotopic (exact) mass is 350 g/mol. The van der Waals surface area contributed by atoms with E-state index in [-0.39, 0.29) is 5.57 Å². The number of carbonyl (C=O) groups excluding carboxylic acids is 1. The number of anilines is 1. The highest BCUT2D eigenvalue weighted by atomic mass is 35.5. The van der Waals surface area contributed by atoms with E-state index in [0.717, 1.165) is 0 Å². The molecule has 0 aliphatic carbocycles. The standard InChI is InChI=1S/C16H9Cl3N2O/c17-12-3-1-10(2-4-12)7-11(9-20)16(22)21-15-6-5-13(18)8-14(15)19/h1-8H,(H,21,22). The first-order valence-corrected chi connectivity index (χ1v) is 7.27. The van der Waals surface area contributed by atoms with Crippen LogP contribution < -0.4 is 5.32 Å². The van der Waals surface area contributed by atoms with Crippen LogP contribution in [0.25, 0.3) is 6.08 Å². The molecule has 0 atom stereocenters. The van der Waals surface area contributed by atoms with Crippen LogP contribution in [0.3, 0.4) is 0 Å². The second-order valence-corrected chi connectivity index (χ2v) is 5.58. The minimum Gasteiger partial charge on any atom is -0.320 e. The van der Waals surface area contributed by atoms with Crippen molar-refractivity contribution in [3.8, 4) is 6.07 Å². The van der Waals surface area contributed by atoms with Gasteiger partial charge < -0.3 is 5.32 Å². The SMILES string of the molecule is N#CC(=Cc1ccc(Cl)cc1)C(=O)Nc1ccc(Cl)cc1Cl. The molecule has 6 heteroatoms. The van der Waals surface area contributed by atoms with Crippen molar-refractivity contribution in [1.82, 2.24) is 0 Å². The van der Waals surface area contributed by atoms with Crippen LogP contribution in [0.5, 0.6) is 0 Å². The lowest BCUT2D eigenvalue weighted by atomic mass is 10.1. The van der Waals surface area contributed by atoms with Gasteiger partial charge in [-0.25, -0.2) is 0 Å². The van der Waals surface area contributed by atoms with Gasteiger partial charge in [-0.3, -0.25) is 4.79 Å². The molecule has 2 rings (SSSR count). The van der Waals surface area contributed by atoms with E-state index in [1.54, 1.807) is 36.4 Å². The van der Waals surface area contributed by atoms with Crippen molar-refractivity contribution >= 4 is 52.5 Å². The Hall–Kier alpha value is -1.99. The summed E-state index contributed by atoms with van der Waals surface area (Å²) in [5.41, 5.74) is 1.03. The molecule has 0 heterocycles. The fourth-order valence-electron chi connectivity index (χ4n) is 1.65. The molecule has 1 amide bonds. The molecule has 22 heavy (non-hydrogen) atoms. The molecule has 0 bridgehead atoms. The first-order chi connectivity index (χ1) is 10.5. The third-order valence-corrected chi connectivity index (χ3v) is 3.53. The van der Waals surface area contributed by atoms with Crippen LogP contribution in [0, 0.1) is 11.3 Å². The maximum Gasteiger partial charge on any atom is 0.266 e. The molecule has 2 aromatic rings. The van der Waals surface area contributed by atoms with Crippen molar-refractivity contribution in [1.29, 1.82) is 5.26 Å². The molecule has 0 unspecified atom stereocenters. The highest BCUT2D eigenvalue weighted by Crippen LogP contribution is 2.25. The Kier molecular flexibility index (Phi) is 5.46. The van der Waals surface area contributed by atoms with Gasteiger partial charge in [0.15, 0.2) is 0 Å². The predicted octanol–water partition coefficient (Wildman–Crippen LogP) is 5.19. The molecule has 0 saturated carbocycles. The van der Waals surface area contributed by atoms with E-state index in [0.29, 0.717) is 26.3 Å². The summed E-state index contributed by atoms with van der Waals surface area (Å²) in [6, 6.07) is 13.3. The Bertz CT molecular complexity index is 777. The predicted molar refractivity (Wildman–Crippen MR) is 90.1 cm³/mol. The summed E-state index contributed by atoms with van der Waals surface area (Å²) in [6.45, 7) is 0. The smallest absolute Gasteiger partial charge is 0.266 e. The Balaban J connectivity index is 2.22. The number of nitrogens with one attached hydrogen (secondary N) is 1. The zero-order chi connectivity index (χ0) is 16.1. The molecule has 3 nitrogen and oxygen atoms in total. The van der Waals surface area contributed by atoms with E-state index in [2.05, 4.69) is 5.32 Å². The van der Waals surface area contributed by atoms with Crippen molar-refractivity contribution < 1.29 is 4.79 Å². The highest BCUT2D eigenvalue weighted by Gasteiger charge is 2.11. The van der Waals surface area contributed by atoms with Crippen LogP contribution in [0.2, 0.25) is 15.1 Å². The average Bonchev–Trinajstić information content (AvgIpc) is 2.49. The van der Waals surface area contributed by atoms with Gasteiger partial charge in [0.2, 0.25) is 0 Å². The number of nitriles is 1. The largest absolute Gasteiger partial charge is 0.320 e. The quantitative estimate of drug-likeness (QED) is 0.611. The van der Waals surface area contributed by atoms with Crippen molar-refractivity contribution in [3.63, 3.8) is 0 Å². The van der Waals surface area contributed by atoms with Crippen LogP contribution >= 0.6 is 34.8 Å². The minimum atomic E-state index is -0.554. The van der Waals surface area contributed by atoms with Gasteiger partial charge in [0.25, 0.3) is 5.91 Å². The molecule has 0 aromatic heterocycles. The fraction of sp³-hybridized carbons (Fsp3) is 0. The topological polar surface area (TPSA) is 52.9 Å². The molecular weight excluding hydrogens is 343 g/mol. The number of amides is 1. The molecule has 110 valence electrons. The Morgan fingerprint density at radius 1 is 1.05 bits per heavy atom. The number of hydrogen-bond acceptors (Lipinski definition) is 2. The summed E-state index contributed by atoms with van der Waals surface area (Å²) in [4.78, 5) is 12.1. The van der Waals surface area contributed by atoms with Gasteiger partial charge in [-0.05, 0) is 42.0 Å². The summed E-state index contributed by atoms with van der Waals surface area (Å²) >= 11 is 17.6. The van der Waals surface area contributed by atoms with Gasteiger partial charge in [0.05, 0.1) is 10.7 Å². The Morgan fingerprint density at radius 2 is 1.68 bits per heavy atom. The second kappa shape index (κ2) is 7.33. The number of rotatable bonds is 3. The van der Waals surface area contributed by atoms with Gasteiger partial charge in [0, 0.05) is 10.0 Å². The van der Waals surface area contributed by atoms with Gasteiger partial charge in [-0.15, -0.1) is 0 Å². The summed E-state index contributed by atoms with van der Waals surface area (Å²) in [6.07, 6.45) is 1.47. The summed E-state index contributed by atoms with van der Waals surface area (Å²) in [5.74, 6) is -0.554. The molecule has 0 spiro atoms. The maximum atomic E-state index is 12.1. The zero-order valence-electron chi connectivity index (χ0n) is 11.1. The first-order valence-electron chi connectivity index (χ1n) is 6.13. The lowest BCUT2D eigenvalue weighted by Gasteiger charge is -2.06. The van der Waals surface area contributed by atoms with Crippen LogP contribution in [0.4, 0.5) is 5.69 Å². The van der Waals surface area contributed by atoms with E-state index in [1.165, 1.54) is 12.1 Å². The Labute approximate surface area is 142 Å². The fourth-order valence-corrected chi connectivity index (χ4v) is 2.24. The molecule has 0 fully saturated rings. The van der Waals surface area contributed by atoms with Crippen LogP contribution in [-0.2, 0) is 4.79 Å². The van der Waals surface area contributed by atoms with Gasteiger partial charge in [-0.1, -0.05) is 46.9 Å². The number of nitrogens with zero attached hydrogens (tertiary/aromatic N) is 1. The number of benzene rings is 2. The molecule has 2 aromatic carbocycles. The number of carbonyl (C=O) groups is 1. The summed E-state index contributed by atoms with van der Waals surface area (Å²) in [5, 5.41) is 13.0. The van der Waals surface area contributed by atoms with Crippen molar-refractivity contribution in [2.45, 2.75) is 0 Å². The van der Waals surface area contributed by atoms with E-state index in [1.807, 2.05) is 6.07 Å².